The van der Waals surface area contributed by atoms with E-state index in [4.69, 9.17) is 4.55 Å². The zero-order valence-corrected chi connectivity index (χ0v) is 10.7. The fraction of sp³-hybridized carbons (Fsp3) is 1.00. The summed E-state index contributed by atoms with van der Waals surface area (Å²) in [6.07, 6.45) is -0.814. The standard InChI is InChI=1S/C10H21NO4S/c1-6(2)8-4-7(9(12)10(8)13)5-11(3)16(14)15/h6-10,12-13H,4-5H2,1-3H3,(H,14,15)/t7-,8+,9-,10+/m1/s1. The zero-order chi connectivity index (χ0) is 12.5. The molecule has 6 heteroatoms. The molecule has 0 radical (unpaired) electrons. The Morgan fingerprint density at radius 1 is 1.38 bits per heavy atom. The number of hydrogen-bond acceptors (Lipinski definition) is 3. The fourth-order valence-corrected chi connectivity index (χ4v) is 2.72. The maximum Gasteiger partial charge on any atom is 0.234 e. The molecular formula is C10H21NO4S. The van der Waals surface area contributed by atoms with Crippen molar-refractivity contribution in [2.75, 3.05) is 13.6 Å². The van der Waals surface area contributed by atoms with Crippen LogP contribution in [0.2, 0.25) is 0 Å². The summed E-state index contributed by atoms with van der Waals surface area (Å²) >= 11 is -2.01. The zero-order valence-electron chi connectivity index (χ0n) is 9.91. The van der Waals surface area contributed by atoms with Gasteiger partial charge >= 0.3 is 0 Å². The van der Waals surface area contributed by atoms with E-state index in [2.05, 4.69) is 0 Å². The molecule has 1 aliphatic rings. The van der Waals surface area contributed by atoms with Crippen molar-refractivity contribution in [1.29, 1.82) is 0 Å². The topological polar surface area (TPSA) is 81.0 Å². The highest BCUT2D eigenvalue weighted by Gasteiger charge is 2.42. The van der Waals surface area contributed by atoms with Crippen molar-refractivity contribution < 1.29 is 19.0 Å². The predicted octanol–water partition coefficient (Wildman–Crippen LogP) is 0.0688. The van der Waals surface area contributed by atoms with Crippen LogP contribution in [0.1, 0.15) is 20.3 Å². The second-order valence-corrected chi connectivity index (χ2v) is 6.01. The molecule has 3 N–H and O–H groups in total. The summed E-state index contributed by atoms with van der Waals surface area (Å²) in [6, 6.07) is 0. The summed E-state index contributed by atoms with van der Waals surface area (Å²) in [5.41, 5.74) is 0. The van der Waals surface area contributed by atoms with Gasteiger partial charge in [0, 0.05) is 19.5 Å². The molecule has 5 atom stereocenters. The number of aliphatic hydroxyl groups excluding tert-OH is 2. The van der Waals surface area contributed by atoms with E-state index in [1.54, 1.807) is 0 Å². The van der Waals surface area contributed by atoms with Crippen molar-refractivity contribution in [3.63, 3.8) is 0 Å². The van der Waals surface area contributed by atoms with Crippen molar-refractivity contribution in [2.24, 2.45) is 17.8 Å². The SMILES string of the molecule is CC(C)[C@@H]1C[C@H](CN(C)S(=O)O)[C@@H](O)[C@H]1O. The van der Waals surface area contributed by atoms with Crippen LogP contribution in [0.4, 0.5) is 0 Å². The van der Waals surface area contributed by atoms with Crippen molar-refractivity contribution in [1.82, 2.24) is 4.31 Å². The van der Waals surface area contributed by atoms with E-state index < -0.39 is 23.5 Å². The maximum atomic E-state index is 10.8. The minimum Gasteiger partial charge on any atom is -0.390 e. The Kier molecular flexibility index (Phi) is 4.88. The van der Waals surface area contributed by atoms with Gasteiger partial charge in [-0.1, -0.05) is 13.8 Å². The van der Waals surface area contributed by atoms with Gasteiger partial charge in [0.1, 0.15) is 0 Å². The summed E-state index contributed by atoms with van der Waals surface area (Å²) < 4.78 is 20.9. The highest BCUT2D eigenvalue weighted by atomic mass is 32.2. The maximum absolute atomic E-state index is 10.8. The highest BCUT2D eigenvalue weighted by molar-refractivity contribution is 7.76. The van der Waals surface area contributed by atoms with Crippen LogP contribution < -0.4 is 0 Å². The Balaban J connectivity index is 2.60. The molecule has 0 aromatic heterocycles. The van der Waals surface area contributed by atoms with Crippen LogP contribution in [0, 0.1) is 17.8 Å². The molecule has 0 amide bonds. The lowest BCUT2D eigenvalue weighted by atomic mass is 9.92. The quantitative estimate of drug-likeness (QED) is 0.618. The van der Waals surface area contributed by atoms with Gasteiger partial charge in [-0.2, -0.15) is 0 Å². The van der Waals surface area contributed by atoms with E-state index in [9.17, 15) is 14.4 Å². The third kappa shape index (κ3) is 3.01. The number of rotatable bonds is 4. The van der Waals surface area contributed by atoms with E-state index in [-0.39, 0.29) is 11.8 Å². The third-order valence-electron chi connectivity index (χ3n) is 3.46. The first kappa shape index (κ1) is 14.1. The molecule has 16 heavy (non-hydrogen) atoms. The lowest BCUT2D eigenvalue weighted by Crippen LogP contribution is -2.35. The second-order valence-electron chi connectivity index (χ2n) is 4.93. The molecule has 0 saturated heterocycles. The van der Waals surface area contributed by atoms with Crippen molar-refractivity contribution in [3.8, 4) is 0 Å². The molecule has 0 heterocycles. The van der Waals surface area contributed by atoms with Crippen molar-refractivity contribution in [2.45, 2.75) is 32.5 Å². The molecule has 1 fully saturated rings. The Bertz CT molecular complexity index is 261. The molecule has 0 spiro atoms. The molecule has 1 saturated carbocycles. The predicted molar refractivity (Wildman–Crippen MR) is 61.8 cm³/mol. The molecule has 1 rings (SSSR count). The fourth-order valence-electron chi connectivity index (χ4n) is 2.40. The molecule has 0 aromatic rings. The van der Waals surface area contributed by atoms with Gasteiger partial charge in [0.25, 0.3) is 0 Å². The van der Waals surface area contributed by atoms with Crippen LogP contribution in [0.3, 0.4) is 0 Å². The highest BCUT2D eigenvalue weighted by Crippen LogP contribution is 2.36. The normalized spacial score (nSPS) is 37.2. The molecule has 0 bridgehead atoms. The summed E-state index contributed by atoms with van der Waals surface area (Å²) in [6.45, 7) is 4.35. The molecule has 96 valence electrons. The van der Waals surface area contributed by atoms with Gasteiger partial charge in [-0.05, 0) is 18.3 Å². The van der Waals surface area contributed by atoms with Crippen molar-refractivity contribution in [3.05, 3.63) is 0 Å². The smallest absolute Gasteiger partial charge is 0.234 e. The van der Waals surface area contributed by atoms with Gasteiger partial charge in [0.15, 0.2) is 0 Å². The van der Waals surface area contributed by atoms with Gasteiger partial charge < -0.3 is 10.2 Å². The van der Waals surface area contributed by atoms with Gasteiger partial charge in [0.05, 0.1) is 12.2 Å². The average Bonchev–Trinajstić information content (AvgIpc) is 2.46. The van der Waals surface area contributed by atoms with Gasteiger partial charge in [-0.3, -0.25) is 4.55 Å². The van der Waals surface area contributed by atoms with Crippen LogP contribution in [0.15, 0.2) is 0 Å². The van der Waals surface area contributed by atoms with Gasteiger partial charge in [-0.25, -0.2) is 8.51 Å². The molecule has 1 unspecified atom stereocenters. The first-order valence-corrected chi connectivity index (χ1v) is 6.59. The van der Waals surface area contributed by atoms with Crippen LogP contribution in [-0.2, 0) is 11.3 Å². The number of nitrogens with zero attached hydrogens (tertiary/aromatic N) is 1. The summed E-state index contributed by atoms with van der Waals surface area (Å²) in [4.78, 5) is 0. The summed E-state index contributed by atoms with van der Waals surface area (Å²) in [7, 11) is 1.53. The van der Waals surface area contributed by atoms with E-state index in [0.29, 0.717) is 18.9 Å². The van der Waals surface area contributed by atoms with Crippen LogP contribution >= 0.6 is 0 Å². The van der Waals surface area contributed by atoms with E-state index in [1.807, 2.05) is 13.8 Å². The summed E-state index contributed by atoms with van der Waals surface area (Å²) in [5, 5.41) is 19.7. The summed E-state index contributed by atoms with van der Waals surface area (Å²) in [5.74, 6) is 0.239. The van der Waals surface area contributed by atoms with Crippen molar-refractivity contribution >= 4 is 11.3 Å². The molecular weight excluding hydrogens is 230 g/mol. The first-order chi connectivity index (χ1) is 7.34. The van der Waals surface area contributed by atoms with E-state index >= 15 is 0 Å². The van der Waals surface area contributed by atoms with Gasteiger partial charge in [-0.15, -0.1) is 0 Å². The largest absolute Gasteiger partial charge is 0.390 e. The van der Waals surface area contributed by atoms with Gasteiger partial charge in [0.2, 0.25) is 11.3 Å². The first-order valence-electron chi connectivity index (χ1n) is 5.52. The number of hydrogen-bond donors (Lipinski definition) is 3. The molecule has 0 aromatic carbocycles. The van der Waals surface area contributed by atoms with Crippen LogP contribution in [0.5, 0.6) is 0 Å². The Hall–Kier alpha value is -0.0100. The monoisotopic (exact) mass is 251 g/mol. The number of aliphatic hydroxyl groups is 2. The second kappa shape index (κ2) is 5.55. The molecule has 0 aliphatic heterocycles. The molecule has 5 nitrogen and oxygen atoms in total. The lowest BCUT2D eigenvalue weighted by molar-refractivity contribution is -0.00536. The van der Waals surface area contributed by atoms with Crippen LogP contribution in [-0.4, -0.2) is 49.1 Å². The Morgan fingerprint density at radius 3 is 2.31 bits per heavy atom. The lowest BCUT2D eigenvalue weighted by Gasteiger charge is -2.20. The minimum absolute atomic E-state index is 0.0699. The van der Waals surface area contributed by atoms with Crippen LogP contribution in [0.25, 0.3) is 0 Å². The Morgan fingerprint density at radius 2 is 1.94 bits per heavy atom. The molecule has 1 aliphatic carbocycles. The van der Waals surface area contributed by atoms with E-state index in [1.165, 1.54) is 11.4 Å². The Labute approximate surface area is 98.9 Å². The average molecular weight is 251 g/mol. The van der Waals surface area contributed by atoms with E-state index in [0.717, 1.165) is 0 Å². The third-order valence-corrected chi connectivity index (χ3v) is 4.14. The minimum atomic E-state index is -2.01.